The Balaban J connectivity index is 1.91. The van der Waals surface area contributed by atoms with E-state index >= 15 is 0 Å². The van der Waals surface area contributed by atoms with Gasteiger partial charge >= 0.3 is 0 Å². The molecule has 1 aliphatic rings. The first-order valence-electron chi connectivity index (χ1n) is 7.40. The molecular weight excluding hydrogens is 288 g/mol. The molecule has 3 nitrogen and oxygen atoms in total. The van der Waals surface area contributed by atoms with E-state index in [9.17, 15) is 9.90 Å². The van der Waals surface area contributed by atoms with Crippen molar-refractivity contribution < 1.29 is 14.3 Å². The Morgan fingerprint density at radius 1 is 0.913 bits per heavy atom. The summed E-state index contributed by atoms with van der Waals surface area (Å²) in [5.74, 6) is 0.684. The Labute approximate surface area is 133 Å². The molecule has 0 saturated carbocycles. The molecule has 0 saturated heterocycles. The number of hydrogen-bond donors (Lipinski definition) is 1. The Hall–Kier alpha value is -2.91. The quantitative estimate of drug-likeness (QED) is 0.780. The molecule has 1 heterocycles. The summed E-state index contributed by atoms with van der Waals surface area (Å²) >= 11 is 0. The first-order chi connectivity index (χ1) is 11.2. The molecular formula is C20H14O3. The van der Waals surface area contributed by atoms with Gasteiger partial charge in [-0.25, -0.2) is 0 Å². The maximum absolute atomic E-state index is 12.2. The van der Waals surface area contributed by atoms with E-state index in [2.05, 4.69) is 0 Å². The van der Waals surface area contributed by atoms with Gasteiger partial charge in [-0.1, -0.05) is 60.7 Å². The average Bonchev–Trinajstić information content (AvgIpc) is 3.07. The summed E-state index contributed by atoms with van der Waals surface area (Å²) in [6, 6.07) is 20.4. The summed E-state index contributed by atoms with van der Waals surface area (Å²) in [5, 5.41) is 11.1. The molecule has 3 heteroatoms. The number of ketones is 1. The molecule has 0 fully saturated rings. The van der Waals surface area contributed by atoms with Crippen molar-refractivity contribution in [2.24, 2.45) is 0 Å². The van der Waals surface area contributed by atoms with Crippen LogP contribution in [0.4, 0.5) is 0 Å². The molecule has 0 bridgehead atoms. The number of carbonyl (C=O) groups excluding carboxylic acids is 1. The maximum atomic E-state index is 12.2. The number of aliphatic hydroxyl groups is 1. The van der Waals surface area contributed by atoms with Crippen LogP contribution >= 0.6 is 0 Å². The lowest BCUT2D eigenvalue weighted by atomic mass is 9.84. The lowest BCUT2D eigenvalue weighted by Crippen LogP contribution is -2.29. The van der Waals surface area contributed by atoms with Crippen molar-refractivity contribution in [3.63, 3.8) is 0 Å². The Morgan fingerprint density at radius 3 is 2.26 bits per heavy atom. The van der Waals surface area contributed by atoms with Crippen LogP contribution in [0.15, 0.2) is 83.3 Å². The number of allylic oxidation sites excluding steroid dienone is 1. The highest BCUT2D eigenvalue weighted by molar-refractivity contribution is 6.07. The molecule has 4 rings (SSSR count). The van der Waals surface area contributed by atoms with Crippen LogP contribution in [0.25, 0.3) is 11.3 Å². The van der Waals surface area contributed by atoms with Crippen LogP contribution < -0.4 is 0 Å². The van der Waals surface area contributed by atoms with Crippen LogP contribution in [0, 0.1) is 0 Å². The number of hydrogen-bond acceptors (Lipinski definition) is 3. The first kappa shape index (κ1) is 13.7. The summed E-state index contributed by atoms with van der Waals surface area (Å²) in [4.78, 5) is 12.2. The van der Waals surface area contributed by atoms with Crippen molar-refractivity contribution in [3.05, 3.63) is 95.8 Å². The predicted octanol–water partition coefficient (Wildman–Crippen LogP) is 3.94. The van der Waals surface area contributed by atoms with Gasteiger partial charge in [0.1, 0.15) is 5.76 Å². The van der Waals surface area contributed by atoms with E-state index in [4.69, 9.17) is 4.42 Å². The predicted molar refractivity (Wildman–Crippen MR) is 87.1 cm³/mol. The zero-order valence-electron chi connectivity index (χ0n) is 12.3. The highest BCUT2D eigenvalue weighted by Gasteiger charge is 2.39. The summed E-state index contributed by atoms with van der Waals surface area (Å²) in [5.41, 5.74) is 0.499. The van der Waals surface area contributed by atoms with Gasteiger partial charge in [0.05, 0.1) is 5.56 Å². The van der Waals surface area contributed by atoms with Crippen molar-refractivity contribution in [3.8, 4) is 11.3 Å². The second-order valence-corrected chi connectivity index (χ2v) is 5.55. The molecule has 1 aromatic heterocycles. The van der Waals surface area contributed by atoms with Gasteiger partial charge < -0.3 is 9.52 Å². The number of benzene rings is 2. The van der Waals surface area contributed by atoms with E-state index in [0.717, 1.165) is 5.56 Å². The van der Waals surface area contributed by atoms with Crippen LogP contribution in [0.3, 0.4) is 0 Å². The third-order valence-corrected chi connectivity index (χ3v) is 4.09. The van der Waals surface area contributed by atoms with Crippen molar-refractivity contribution in [2.45, 2.75) is 5.60 Å². The summed E-state index contributed by atoms with van der Waals surface area (Å²) in [7, 11) is 0. The van der Waals surface area contributed by atoms with Crippen LogP contribution in [0.5, 0.6) is 0 Å². The summed E-state index contributed by atoms with van der Waals surface area (Å²) in [6.45, 7) is 0. The monoisotopic (exact) mass is 302 g/mol. The molecule has 1 aliphatic carbocycles. The van der Waals surface area contributed by atoms with E-state index in [1.807, 2.05) is 60.7 Å². The van der Waals surface area contributed by atoms with E-state index in [1.54, 1.807) is 6.07 Å². The Kier molecular flexibility index (Phi) is 3.03. The Bertz CT molecular complexity index is 891. The van der Waals surface area contributed by atoms with E-state index < -0.39 is 5.60 Å². The van der Waals surface area contributed by atoms with Gasteiger partial charge in [-0.3, -0.25) is 4.79 Å². The fourth-order valence-corrected chi connectivity index (χ4v) is 2.88. The fraction of sp³-hybridized carbons (Fsp3) is 0.0500. The van der Waals surface area contributed by atoms with Gasteiger partial charge in [-0.15, -0.1) is 0 Å². The van der Waals surface area contributed by atoms with Crippen molar-refractivity contribution in [1.82, 2.24) is 0 Å². The van der Waals surface area contributed by atoms with E-state index in [-0.39, 0.29) is 11.5 Å². The van der Waals surface area contributed by atoms with Gasteiger partial charge in [0.15, 0.2) is 17.1 Å². The topological polar surface area (TPSA) is 50.4 Å². The molecule has 0 aliphatic heterocycles. The maximum Gasteiger partial charge on any atom is 0.189 e. The largest absolute Gasteiger partial charge is 0.456 e. The highest BCUT2D eigenvalue weighted by atomic mass is 16.4. The van der Waals surface area contributed by atoms with Crippen LogP contribution in [0.2, 0.25) is 0 Å². The number of fused-ring (bicyclic) bond motifs is 1. The smallest absolute Gasteiger partial charge is 0.189 e. The first-order valence-corrected chi connectivity index (χ1v) is 7.40. The fourth-order valence-electron chi connectivity index (χ4n) is 2.88. The second kappa shape index (κ2) is 5.07. The normalized spacial score (nSPS) is 19.6. The standard InChI is InChI=1S/C20H14O3/c21-17-11-12-20(22,15-9-5-2-6-10-15)19-16(17)13-18(23-19)14-7-3-1-4-8-14/h1-13,22H. The number of carbonyl (C=O) groups is 1. The van der Waals surface area contributed by atoms with Crippen molar-refractivity contribution >= 4 is 5.78 Å². The van der Waals surface area contributed by atoms with Crippen molar-refractivity contribution in [1.29, 1.82) is 0 Å². The van der Waals surface area contributed by atoms with Gasteiger partial charge in [0, 0.05) is 5.56 Å². The minimum absolute atomic E-state index is 0.161. The highest BCUT2D eigenvalue weighted by Crippen LogP contribution is 2.40. The summed E-state index contributed by atoms with van der Waals surface area (Å²) < 4.78 is 5.91. The Morgan fingerprint density at radius 2 is 1.57 bits per heavy atom. The van der Waals surface area contributed by atoms with E-state index in [0.29, 0.717) is 16.9 Å². The lowest BCUT2D eigenvalue weighted by molar-refractivity contribution is 0.0912. The molecule has 23 heavy (non-hydrogen) atoms. The van der Waals surface area contributed by atoms with Gasteiger partial charge in [0.2, 0.25) is 0 Å². The van der Waals surface area contributed by atoms with Gasteiger partial charge in [0.25, 0.3) is 0 Å². The summed E-state index contributed by atoms with van der Waals surface area (Å²) in [6.07, 6.45) is 2.89. The van der Waals surface area contributed by atoms with E-state index in [1.165, 1.54) is 12.2 Å². The molecule has 112 valence electrons. The van der Waals surface area contributed by atoms with Crippen LogP contribution in [0.1, 0.15) is 21.7 Å². The molecule has 1 unspecified atom stereocenters. The van der Waals surface area contributed by atoms with Crippen LogP contribution in [-0.2, 0) is 5.60 Å². The van der Waals surface area contributed by atoms with Crippen LogP contribution in [-0.4, -0.2) is 10.9 Å². The molecule has 0 radical (unpaired) electrons. The zero-order valence-corrected chi connectivity index (χ0v) is 12.3. The minimum atomic E-state index is -1.43. The number of furan rings is 1. The third-order valence-electron chi connectivity index (χ3n) is 4.09. The average molecular weight is 302 g/mol. The molecule has 0 amide bonds. The zero-order chi connectivity index (χ0) is 15.9. The third kappa shape index (κ3) is 2.14. The molecule has 1 atom stereocenters. The molecule has 3 aromatic rings. The second-order valence-electron chi connectivity index (χ2n) is 5.55. The lowest BCUT2D eigenvalue weighted by Gasteiger charge is -2.26. The van der Waals surface area contributed by atoms with Gasteiger partial charge in [-0.05, 0) is 23.8 Å². The number of rotatable bonds is 2. The minimum Gasteiger partial charge on any atom is -0.456 e. The molecule has 1 N–H and O–H groups in total. The van der Waals surface area contributed by atoms with Gasteiger partial charge in [-0.2, -0.15) is 0 Å². The molecule has 2 aromatic carbocycles. The van der Waals surface area contributed by atoms with Crippen molar-refractivity contribution in [2.75, 3.05) is 0 Å². The molecule has 0 spiro atoms. The SMILES string of the molecule is O=C1C=CC(O)(c2ccccc2)c2oc(-c3ccccc3)cc21.